The molecule has 0 saturated heterocycles. The van der Waals surface area contributed by atoms with Crippen LogP contribution in [0.4, 0.5) is 68.2 Å². The molecule has 0 radical (unpaired) electrons. The van der Waals surface area contributed by atoms with Gasteiger partial charge in [-0.2, -0.15) is 0 Å². The molecule has 12 aromatic heterocycles. The van der Waals surface area contributed by atoms with Crippen LogP contribution in [0.1, 0.15) is 0 Å². The summed E-state index contributed by atoms with van der Waals surface area (Å²) in [7, 11) is 0. The van der Waals surface area contributed by atoms with Crippen molar-refractivity contribution in [2.45, 2.75) is 0 Å². The Bertz CT molecular complexity index is 10800. The molecule has 0 saturated carbocycles. The Morgan fingerprint density at radius 1 is 0.127 bits per heavy atom. The summed E-state index contributed by atoms with van der Waals surface area (Å²) >= 11 is 1.83. The van der Waals surface area contributed by atoms with Crippen molar-refractivity contribution >= 4 is 298 Å². The van der Waals surface area contributed by atoms with E-state index in [0.29, 0.717) is 0 Å². The van der Waals surface area contributed by atoms with Crippen LogP contribution in [0.3, 0.4) is 0 Å². The lowest BCUT2D eigenvalue weighted by Gasteiger charge is -2.28. The Balaban J connectivity index is 0.0000000921. The molecule has 33 rings (SSSR count). The highest BCUT2D eigenvalue weighted by molar-refractivity contribution is 7.25. The first-order valence-corrected chi connectivity index (χ1v) is 50.6. The molecule has 16 heteroatoms. The predicted octanol–water partition coefficient (Wildman–Crippen LogP) is 40.9. The van der Waals surface area contributed by atoms with Crippen LogP contribution in [0.15, 0.2) is 534 Å². The molecule has 0 spiro atoms. The lowest BCUT2D eigenvalue weighted by molar-refractivity contribution is 0.653. The van der Waals surface area contributed by atoms with Gasteiger partial charge in [0.25, 0.3) is 0 Å². The van der Waals surface area contributed by atoms with Crippen molar-refractivity contribution in [1.82, 2.24) is 0 Å². The van der Waals surface area contributed by atoms with Gasteiger partial charge in [-0.1, -0.05) is 231 Å². The lowest BCUT2D eigenvalue weighted by Crippen LogP contribution is -2.11. The second kappa shape index (κ2) is 34.8. The number of thiophene rings is 1. The van der Waals surface area contributed by atoms with Crippen molar-refractivity contribution in [2.75, 3.05) is 19.6 Å². The minimum atomic E-state index is 0.778. The molecule has 150 heavy (non-hydrogen) atoms. The highest BCUT2D eigenvalue weighted by Crippen LogP contribution is 2.52. The molecule has 0 fully saturated rings. The van der Waals surface area contributed by atoms with Crippen LogP contribution in [0.5, 0.6) is 0 Å². The van der Waals surface area contributed by atoms with E-state index in [4.69, 9.17) is 48.6 Å². The van der Waals surface area contributed by atoms with Crippen LogP contribution >= 0.6 is 11.3 Å². The number of nitrogens with zero attached hydrogens (tertiary/aromatic N) is 4. The quantitative estimate of drug-likeness (QED) is 0.107. The third-order valence-corrected chi connectivity index (χ3v) is 29.8. The van der Waals surface area contributed by atoms with Crippen molar-refractivity contribution in [1.29, 1.82) is 0 Å². The second-order valence-electron chi connectivity index (χ2n) is 37.5. The summed E-state index contributed by atoms with van der Waals surface area (Å²) in [6.45, 7) is 0. The molecule has 0 N–H and O–H groups in total. The van der Waals surface area contributed by atoms with Crippen LogP contribution in [-0.4, -0.2) is 0 Å². The average Bonchev–Trinajstić information content (AvgIpc) is 1.59. The Hall–Kier alpha value is -20.2. The summed E-state index contributed by atoms with van der Waals surface area (Å²) in [5, 5.41) is 17.0. The number of fused-ring (bicyclic) bond motifs is 32. The van der Waals surface area contributed by atoms with Gasteiger partial charge in [-0.25, -0.2) is 0 Å². The molecule has 0 atom stereocenters. The third kappa shape index (κ3) is 14.3. The Morgan fingerprint density at radius 3 is 0.707 bits per heavy atom. The SMILES string of the molecule is c1ccc(-c2ccccc2N(c2ccc3c(c2)oc2c4ccccc4oc32)c2ccc3oc4ccccc4c3c2)cc1.c1ccc(N(c2ccc3c(c2)oc2c4ccccc4oc32)c2ccc3c(c2)sc2ccccc23)cc1.c1ccc(N(c2ccc3c(c2)oc2c4ccccc4oc32)c2ccc3oc4ccccc4c3c2)cc1.c1ccc(N(c2ccc3c(c2)oc2c4ccccc4oc32)c2ccc3oc4ccccc4c3c2)cc1. The molecule has 0 aliphatic carbocycles. The van der Waals surface area contributed by atoms with E-state index in [0.717, 1.165) is 278 Å². The predicted molar refractivity (Wildman–Crippen MR) is 613 cm³/mol. The summed E-state index contributed by atoms with van der Waals surface area (Å²) in [6.07, 6.45) is 0. The topological polar surface area (TPSA) is 158 Å². The summed E-state index contributed by atoms with van der Waals surface area (Å²) in [4.78, 5) is 9.06. The summed E-state index contributed by atoms with van der Waals surface area (Å²) in [5.74, 6) is 0. The fraction of sp³-hybridized carbons (Fsp3) is 0. The molecular weight excluding hydrogens is 1870 g/mol. The van der Waals surface area contributed by atoms with Gasteiger partial charge in [-0.15, -0.1) is 11.3 Å². The zero-order chi connectivity index (χ0) is 98.5. The van der Waals surface area contributed by atoms with E-state index in [9.17, 15) is 0 Å². The number of hydrogen-bond acceptors (Lipinski definition) is 16. The number of hydrogen-bond donors (Lipinski definition) is 0. The van der Waals surface area contributed by atoms with E-state index in [-0.39, 0.29) is 0 Å². The van der Waals surface area contributed by atoms with Gasteiger partial charge in [0.2, 0.25) is 0 Å². The molecule has 12 heterocycles. The summed E-state index contributed by atoms with van der Waals surface area (Å²) < 4.78 is 71.1. The average molecular weight is 1950 g/mol. The van der Waals surface area contributed by atoms with Crippen LogP contribution in [-0.2, 0) is 0 Å². The number of anilines is 12. The first kappa shape index (κ1) is 85.4. The molecule has 0 amide bonds. The molecule has 0 aliphatic heterocycles. The molecular formula is C134H80N4O11S. The minimum Gasteiger partial charge on any atom is -0.456 e. The zero-order valence-corrected chi connectivity index (χ0v) is 80.7. The Kier molecular flexibility index (Phi) is 19.8. The first-order chi connectivity index (χ1) is 74.3. The van der Waals surface area contributed by atoms with Crippen molar-refractivity contribution in [3.63, 3.8) is 0 Å². The molecule has 21 aromatic carbocycles. The smallest absolute Gasteiger partial charge is 0.181 e. The van der Waals surface area contributed by atoms with Crippen molar-refractivity contribution in [3.8, 4) is 11.1 Å². The maximum absolute atomic E-state index is 6.46. The largest absolute Gasteiger partial charge is 0.456 e. The van der Waals surface area contributed by atoms with E-state index in [1.165, 1.54) is 20.2 Å². The van der Waals surface area contributed by atoms with Crippen molar-refractivity contribution in [2.24, 2.45) is 0 Å². The number of rotatable bonds is 13. The molecule has 0 aliphatic rings. The maximum atomic E-state index is 6.46. The van der Waals surface area contributed by atoms with E-state index < -0.39 is 0 Å². The normalized spacial score (nSPS) is 11.9. The highest BCUT2D eigenvalue weighted by Gasteiger charge is 2.29. The monoisotopic (exact) mass is 1950 g/mol. The van der Waals surface area contributed by atoms with Crippen LogP contribution in [0, 0.1) is 0 Å². The number of benzene rings is 21. The van der Waals surface area contributed by atoms with E-state index in [1.807, 2.05) is 193 Å². The molecule has 15 nitrogen and oxygen atoms in total. The summed E-state index contributed by atoms with van der Waals surface area (Å²) in [5.41, 5.74) is 32.9. The van der Waals surface area contributed by atoms with E-state index in [2.05, 4.69) is 323 Å². The molecule has 708 valence electrons. The number of para-hydroxylation sites is 11. The molecule has 33 aromatic rings. The van der Waals surface area contributed by atoms with Gasteiger partial charge >= 0.3 is 0 Å². The maximum Gasteiger partial charge on any atom is 0.181 e. The van der Waals surface area contributed by atoms with Crippen molar-refractivity contribution in [3.05, 3.63) is 485 Å². The van der Waals surface area contributed by atoms with Gasteiger partial charge in [0.1, 0.15) is 78.2 Å². The van der Waals surface area contributed by atoms with Gasteiger partial charge in [0, 0.05) is 145 Å². The first-order valence-electron chi connectivity index (χ1n) is 49.8. The second-order valence-corrected chi connectivity index (χ2v) is 38.6. The Morgan fingerprint density at radius 2 is 0.353 bits per heavy atom. The van der Waals surface area contributed by atoms with Gasteiger partial charge < -0.3 is 68.2 Å². The fourth-order valence-corrected chi connectivity index (χ4v) is 22.9. The van der Waals surface area contributed by atoms with Crippen LogP contribution in [0.2, 0.25) is 0 Å². The molecule has 0 unspecified atom stereocenters. The van der Waals surface area contributed by atoms with Crippen molar-refractivity contribution < 1.29 is 48.6 Å². The van der Waals surface area contributed by atoms with Gasteiger partial charge in [0.05, 0.1) is 48.8 Å². The standard InChI is InChI=1S/C38H23NO3.2C32H19NO3.C32H19NO2S/c1-2-10-24(11-3-1)27-12-4-7-15-32(27)39(25-19-21-35-31(22-25)28-13-5-8-16-33(28)40-35)26-18-20-30-36(23-26)42-37-29-14-6-9-17-34(29)41-38(30)37;2*1-2-8-20(9-3-1)33(21-15-17-29-26(18-21)23-10-4-6-12-27(23)34-29)22-14-16-25-30(19-22)36-31-24-11-5-7-13-28(24)35-32(25)31;1-2-8-20(9-3-1)33(22-14-16-24-23-10-5-7-13-29(23)36-30(24)19-22)21-15-17-26-28(18-21)35-31-25-11-4-6-12-27(25)34-32(26)31/h1-23H;3*1-19H. The van der Waals surface area contributed by atoms with Gasteiger partial charge in [0.15, 0.2) is 44.7 Å². The van der Waals surface area contributed by atoms with Crippen LogP contribution in [0.25, 0.3) is 230 Å². The van der Waals surface area contributed by atoms with Gasteiger partial charge in [-0.3, -0.25) is 0 Å². The zero-order valence-electron chi connectivity index (χ0n) is 79.9. The van der Waals surface area contributed by atoms with Gasteiger partial charge in [-0.05, 0) is 236 Å². The fourth-order valence-electron chi connectivity index (χ4n) is 21.8. The Labute approximate surface area is 856 Å². The third-order valence-electron chi connectivity index (χ3n) is 28.7. The minimum absolute atomic E-state index is 0.778. The van der Waals surface area contributed by atoms with E-state index in [1.54, 1.807) is 0 Å². The highest BCUT2D eigenvalue weighted by atomic mass is 32.1. The van der Waals surface area contributed by atoms with E-state index >= 15 is 0 Å². The van der Waals surface area contributed by atoms with Crippen LogP contribution < -0.4 is 19.6 Å². The lowest BCUT2D eigenvalue weighted by atomic mass is 10.0. The summed E-state index contributed by atoms with van der Waals surface area (Å²) in [6, 6.07) is 166. The molecule has 0 bridgehead atoms. The number of furan rings is 11.